The Kier molecular flexibility index (Phi) is 65.1. The van der Waals surface area contributed by atoms with Crippen molar-refractivity contribution in [2.45, 2.75) is 393 Å². The highest BCUT2D eigenvalue weighted by molar-refractivity contribution is 5.71. The molecule has 0 radical (unpaired) electrons. The van der Waals surface area contributed by atoms with Crippen molar-refractivity contribution in [3.63, 3.8) is 0 Å². The summed E-state index contributed by atoms with van der Waals surface area (Å²) in [6.45, 7) is 6.65. The summed E-state index contributed by atoms with van der Waals surface area (Å²) < 4.78 is 16.9. The number of unbranched alkanes of at least 4 members (excludes halogenated alkanes) is 48. The molecule has 458 valence electrons. The van der Waals surface area contributed by atoms with Crippen molar-refractivity contribution in [3.05, 3.63) is 36.5 Å². The number of carbonyl (C=O) groups excluding carboxylic acids is 3. The first-order valence-electron chi connectivity index (χ1n) is 35.0. The molecule has 0 heterocycles. The summed E-state index contributed by atoms with van der Waals surface area (Å²) in [4.78, 5) is 38.3. The van der Waals surface area contributed by atoms with E-state index in [1.807, 2.05) is 0 Å². The molecule has 6 heteroatoms. The van der Waals surface area contributed by atoms with Crippen molar-refractivity contribution in [1.29, 1.82) is 0 Å². The van der Waals surface area contributed by atoms with Gasteiger partial charge in [-0.25, -0.2) is 0 Å². The van der Waals surface area contributed by atoms with Crippen LogP contribution in [-0.2, 0) is 28.6 Å². The van der Waals surface area contributed by atoms with E-state index < -0.39 is 6.10 Å². The van der Waals surface area contributed by atoms with E-state index in [0.717, 1.165) is 83.5 Å². The van der Waals surface area contributed by atoms with E-state index in [1.54, 1.807) is 0 Å². The third-order valence-corrected chi connectivity index (χ3v) is 15.9. The van der Waals surface area contributed by atoms with Gasteiger partial charge in [0, 0.05) is 19.3 Å². The van der Waals surface area contributed by atoms with E-state index in [9.17, 15) is 14.4 Å². The van der Waals surface area contributed by atoms with E-state index in [2.05, 4.69) is 57.2 Å². The summed E-state index contributed by atoms with van der Waals surface area (Å²) in [7, 11) is 0. The molecular formula is C72H134O6. The standard InChI is InChI=1S/C72H134O6/c1-4-7-10-13-16-19-22-25-27-28-29-30-31-32-33-34-35-36-37-38-39-40-41-42-43-44-45-48-50-53-56-59-62-65-71(74)77-68-69(67-76-70(73)64-61-58-55-52-49-46-24-21-18-15-12-9-6-3)78-72(75)66-63-60-57-54-51-47-26-23-20-17-14-11-8-5-2/h14,17,23,26,28-29,69H,4-13,15-16,18-22,24-25,27,30-68H2,1-3H3/b17-14-,26-23-,29-28-. The lowest BCUT2D eigenvalue weighted by Gasteiger charge is -2.18. The topological polar surface area (TPSA) is 78.9 Å². The molecular weight excluding hydrogens is 961 g/mol. The number of ether oxygens (including phenoxy) is 3. The van der Waals surface area contributed by atoms with Crippen LogP contribution in [0.3, 0.4) is 0 Å². The molecule has 0 aliphatic heterocycles. The van der Waals surface area contributed by atoms with Crippen LogP contribution in [0.2, 0.25) is 0 Å². The van der Waals surface area contributed by atoms with Crippen LogP contribution >= 0.6 is 0 Å². The Balaban J connectivity index is 4.06. The Hall–Kier alpha value is -2.37. The van der Waals surface area contributed by atoms with Crippen molar-refractivity contribution in [2.24, 2.45) is 0 Å². The zero-order valence-corrected chi connectivity index (χ0v) is 52.7. The van der Waals surface area contributed by atoms with Gasteiger partial charge in [-0.2, -0.15) is 0 Å². The fourth-order valence-corrected chi connectivity index (χ4v) is 10.6. The normalized spacial score (nSPS) is 12.2. The molecule has 0 aliphatic rings. The van der Waals surface area contributed by atoms with Gasteiger partial charge in [-0.1, -0.05) is 333 Å². The van der Waals surface area contributed by atoms with Gasteiger partial charge in [0.15, 0.2) is 6.10 Å². The third kappa shape index (κ3) is 64.5. The first-order chi connectivity index (χ1) is 38.5. The molecule has 0 bridgehead atoms. The van der Waals surface area contributed by atoms with Crippen LogP contribution in [0.4, 0.5) is 0 Å². The van der Waals surface area contributed by atoms with Gasteiger partial charge in [-0.15, -0.1) is 0 Å². The molecule has 0 amide bonds. The summed E-state index contributed by atoms with van der Waals surface area (Å²) in [6, 6.07) is 0. The molecule has 1 atom stereocenters. The average molecular weight is 1100 g/mol. The largest absolute Gasteiger partial charge is 0.462 e. The number of rotatable bonds is 65. The van der Waals surface area contributed by atoms with Crippen molar-refractivity contribution >= 4 is 17.9 Å². The molecule has 0 aromatic heterocycles. The van der Waals surface area contributed by atoms with Crippen molar-refractivity contribution in [2.75, 3.05) is 13.2 Å². The summed E-state index contributed by atoms with van der Waals surface area (Å²) in [5.74, 6) is -0.861. The maximum atomic E-state index is 12.9. The molecule has 0 saturated carbocycles. The molecule has 0 aromatic rings. The number of hydrogen-bond acceptors (Lipinski definition) is 6. The van der Waals surface area contributed by atoms with Crippen LogP contribution in [0.1, 0.15) is 387 Å². The van der Waals surface area contributed by atoms with E-state index in [0.29, 0.717) is 19.3 Å². The molecule has 0 N–H and O–H groups in total. The Morgan fingerprint density at radius 3 is 0.756 bits per heavy atom. The maximum Gasteiger partial charge on any atom is 0.306 e. The molecule has 0 rings (SSSR count). The average Bonchev–Trinajstić information content (AvgIpc) is 3.44. The minimum absolute atomic E-state index is 0.0725. The Labute approximate surface area is 486 Å². The molecule has 0 aromatic carbocycles. The van der Waals surface area contributed by atoms with Crippen LogP contribution in [0.15, 0.2) is 36.5 Å². The molecule has 78 heavy (non-hydrogen) atoms. The van der Waals surface area contributed by atoms with Crippen molar-refractivity contribution in [3.8, 4) is 0 Å². The van der Waals surface area contributed by atoms with Gasteiger partial charge in [-0.05, 0) is 70.6 Å². The summed E-state index contributed by atoms with van der Waals surface area (Å²) >= 11 is 0. The number of hydrogen-bond donors (Lipinski definition) is 0. The lowest BCUT2D eigenvalue weighted by molar-refractivity contribution is -0.167. The van der Waals surface area contributed by atoms with Crippen LogP contribution < -0.4 is 0 Å². The lowest BCUT2D eigenvalue weighted by Crippen LogP contribution is -2.30. The van der Waals surface area contributed by atoms with Gasteiger partial charge < -0.3 is 14.2 Å². The lowest BCUT2D eigenvalue weighted by atomic mass is 10.0. The summed E-state index contributed by atoms with van der Waals surface area (Å²) in [5, 5.41) is 0. The van der Waals surface area contributed by atoms with Crippen molar-refractivity contribution in [1.82, 2.24) is 0 Å². The first kappa shape index (κ1) is 75.6. The molecule has 0 aliphatic carbocycles. The number of carbonyl (C=O) groups is 3. The smallest absolute Gasteiger partial charge is 0.306 e. The number of allylic oxidation sites excluding steroid dienone is 6. The highest BCUT2D eigenvalue weighted by Crippen LogP contribution is 2.18. The summed E-state index contributed by atoms with van der Waals surface area (Å²) in [6.07, 6.45) is 83.3. The van der Waals surface area contributed by atoms with Crippen molar-refractivity contribution < 1.29 is 28.6 Å². The van der Waals surface area contributed by atoms with Crippen LogP contribution in [0.5, 0.6) is 0 Å². The third-order valence-electron chi connectivity index (χ3n) is 15.9. The zero-order valence-electron chi connectivity index (χ0n) is 52.7. The second-order valence-corrected chi connectivity index (χ2v) is 23.8. The van der Waals surface area contributed by atoms with E-state index >= 15 is 0 Å². The fourth-order valence-electron chi connectivity index (χ4n) is 10.6. The second kappa shape index (κ2) is 67.1. The predicted molar refractivity (Wildman–Crippen MR) is 339 cm³/mol. The molecule has 0 fully saturated rings. The number of esters is 3. The Bertz CT molecular complexity index is 1300. The van der Waals surface area contributed by atoms with Crippen LogP contribution in [0.25, 0.3) is 0 Å². The molecule has 0 spiro atoms. The molecule has 1 unspecified atom stereocenters. The van der Waals surface area contributed by atoms with Gasteiger partial charge in [0.05, 0.1) is 0 Å². The maximum absolute atomic E-state index is 12.9. The minimum Gasteiger partial charge on any atom is -0.462 e. The Morgan fingerprint density at radius 1 is 0.256 bits per heavy atom. The Morgan fingerprint density at radius 2 is 0.474 bits per heavy atom. The van der Waals surface area contributed by atoms with E-state index in [1.165, 1.54) is 263 Å². The second-order valence-electron chi connectivity index (χ2n) is 23.8. The predicted octanol–water partition coefficient (Wildman–Crippen LogP) is 23.9. The monoisotopic (exact) mass is 1100 g/mol. The minimum atomic E-state index is -0.776. The quantitative estimate of drug-likeness (QED) is 0.0261. The van der Waals surface area contributed by atoms with Gasteiger partial charge >= 0.3 is 17.9 Å². The first-order valence-corrected chi connectivity index (χ1v) is 35.0. The van der Waals surface area contributed by atoms with E-state index in [-0.39, 0.29) is 31.1 Å². The summed E-state index contributed by atoms with van der Waals surface area (Å²) in [5.41, 5.74) is 0. The van der Waals surface area contributed by atoms with Gasteiger partial charge in [0.25, 0.3) is 0 Å². The SMILES string of the molecule is CCCC/C=C\C/C=C\CCCCCCCC(=O)OC(COC(=O)CCCCCCCCCCCCCCC)COC(=O)CCCCCCCCCCCCCCCCCCCCCCC/C=C\CCCCCCCCCC. The highest BCUT2D eigenvalue weighted by atomic mass is 16.6. The van der Waals surface area contributed by atoms with Crippen LogP contribution in [-0.4, -0.2) is 37.2 Å². The fraction of sp³-hybridized carbons (Fsp3) is 0.875. The highest BCUT2D eigenvalue weighted by Gasteiger charge is 2.19. The molecule has 6 nitrogen and oxygen atoms in total. The van der Waals surface area contributed by atoms with Gasteiger partial charge in [0.1, 0.15) is 13.2 Å². The van der Waals surface area contributed by atoms with E-state index in [4.69, 9.17) is 14.2 Å². The molecule has 0 saturated heterocycles. The van der Waals surface area contributed by atoms with Crippen LogP contribution in [0, 0.1) is 0 Å². The van der Waals surface area contributed by atoms with Gasteiger partial charge in [-0.3, -0.25) is 14.4 Å². The zero-order chi connectivity index (χ0) is 56.4. The van der Waals surface area contributed by atoms with Gasteiger partial charge in [0.2, 0.25) is 0 Å².